The zero-order valence-corrected chi connectivity index (χ0v) is 15.0. The van der Waals surface area contributed by atoms with Crippen LogP contribution < -0.4 is 10.6 Å². The van der Waals surface area contributed by atoms with E-state index in [4.69, 9.17) is 0 Å². The molecular formula is C16H20BrN5O. The molecule has 1 heterocycles. The molecule has 122 valence electrons. The van der Waals surface area contributed by atoms with Crippen molar-refractivity contribution in [2.24, 2.45) is 0 Å². The second kappa shape index (κ2) is 8.03. The first-order valence-corrected chi connectivity index (χ1v) is 8.03. The van der Waals surface area contributed by atoms with E-state index >= 15 is 0 Å². The second-order valence-electron chi connectivity index (χ2n) is 5.44. The van der Waals surface area contributed by atoms with Gasteiger partial charge in [-0.25, -0.2) is 9.97 Å². The van der Waals surface area contributed by atoms with E-state index in [9.17, 15) is 4.79 Å². The van der Waals surface area contributed by atoms with E-state index in [1.165, 1.54) is 6.20 Å². The lowest BCUT2D eigenvalue weighted by atomic mass is 10.2. The number of carbonyl (C=O) groups is 1. The molecule has 7 heteroatoms. The predicted molar refractivity (Wildman–Crippen MR) is 95.1 cm³/mol. The molecule has 0 aliphatic rings. The van der Waals surface area contributed by atoms with Crippen LogP contribution in [0.2, 0.25) is 0 Å². The molecule has 0 aliphatic heterocycles. The number of nitrogens with one attached hydrogen (secondary N) is 2. The molecule has 0 fully saturated rings. The number of aromatic nitrogens is 2. The Balaban J connectivity index is 1.96. The highest BCUT2D eigenvalue weighted by atomic mass is 79.9. The highest BCUT2D eigenvalue weighted by molar-refractivity contribution is 9.10. The average molecular weight is 378 g/mol. The molecule has 0 saturated heterocycles. The van der Waals surface area contributed by atoms with Gasteiger partial charge in [0.25, 0.3) is 5.91 Å². The Hall–Kier alpha value is -1.99. The summed E-state index contributed by atoms with van der Waals surface area (Å²) >= 11 is 3.47. The third-order valence-electron chi connectivity index (χ3n) is 3.16. The molecule has 1 amide bonds. The number of halogens is 1. The minimum absolute atomic E-state index is 0.217. The first-order valence-electron chi connectivity index (χ1n) is 7.24. The van der Waals surface area contributed by atoms with Crippen LogP contribution in [0.3, 0.4) is 0 Å². The Morgan fingerprint density at radius 3 is 2.65 bits per heavy atom. The van der Waals surface area contributed by atoms with Crippen LogP contribution in [0.25, 0.3) is 0 Å². The number of hydrogen-bond donors (Lipinski definition) is 2. The summed E-state index contributed by atoms with van der Waals surface area (Å²) in [5, 5.41) is 5.97. The van der Waals surface area contributed by atoms with E-state index in [0.717, 1.165) is 22.3 Å². The Kier molecular flexibility index (Phi) is 6.06. The summed E-state index contributed by atoms with van der Waals surface area (Å²) < 4.78 is 1.05. The van der Waals surface area contributed by atoms with Gasteiger partial charge in [-0.05, 0) is 44.8 Å². The quantitative estimate of drug-likeness (QED) is 0.809. The molecule has 2 N–H and O–H groups in total. The Morgan fingerprint density at radius 1 is 1.26 bits per heavy atom. The molecule has 2 rings (SSSR count). The molecule has 6 nitrogen and oxygen atoms in total. The SMILES string of the molecule is Cc1cc(Nc2cnc(C(=O)NCCN(C)C)cn2)ccc1Br. The number of hydrogen-bond acceptors (Lipinski definition) is 5. The van der Waals surface area contributed by atoms with Gasteiger partial charge in [0.2, 0.25) is 0 Å². The maximum Gasteiger partial charge on any atom is 0.271 e. The van der Waals surface area contributed by atoms with Crippen LogP contribution in [-0.2, 0) is 0 Å². The summed E-state index contributed by atoms with van der Waals surface area (Å²) in [5.41, 5.74) is 2.35. The van der Waals surface area contributed by atoms with E-state index in [-0.39, 0.29) is 5.91 Å². The monoisotopic (exact) mass is 377 g/mol. The topological polar surface area (TPSA) is 70.2 Å². The zero-order valence-electron chi connectivity index (χ0n) is 13.4. The summed E-state index contributed by atoms with van der Waals surface area (Å²) in [7, 11) is 3.91. The van der Waals surface area contributed by atoms with Crippen molar-refractivity contribution < 1.29 is 4.79 Å². The number of anilines is 2. The maximum absolute atomic E-state index is 11.9. The standard InChI is InChI=1S/C16H20BrN5O/c1-11-8-12(4-5-13(11)17)21-15-10-19-14(9-20-15)16(23)18-6-7-22(2)3/h4-5,8-10H,6-7H2,1-3H3,(H,18,23)(H,20,21). The van der Waals surface area contributed by atoms with Gasteiger partial charge in [0.1, 0.15) is 11.5 Å². The molecule has 23 heavy (non-hydrogen) atoms. The van der Waals surface area contributed by atoms with Crippen LogP contribution in [-0.4, -0.2) is 48.0 Å². The Morgan fingerprint density at radius 2 is 2.04 bits per heavy atom. The average Bonchev–Trinajstić information content (AvgIpc) is 2.51. The number of aryl methyl sites for hydroxylation is 1. The summed E-state index contributed by atoms with van der Waals surface area (Å²) in [6.07, 6.45) is 3.03. The molecular weight excluding hydrogens is 358 g/mol. The van der Waals surface area contributed by atoms with Crippen molar-refractivity contribution in [3.63, 3.8) is 0 Å². The molecule has 1 aromatic carbocycles. The molecule has 0 unspecified atom stereocenters. The van der Waals surface area contributed by atoms with Crippen molar-refractivity contribution in [1.82, 2.24) is 20.2 Å². The highest BCUT2D eigenvalue weighted by Gasteiger charge is 2.08. The van der Waals surface area contributed by atoms with Gasteiger partial charge in [-0.3, -0.25) is 4.79 Å². The van der Waals surface area contributed by atoms with Gasteiger partial charge in [0.05, 0.1) is 12.4 Å². The number of likely N-dealkylation sites (N-methyl/N-ethyl adjacent to an activating group) is 1. The minimum Gasteiger partial charge on any atom is -0.349 e. The van der Waals surface area contributed by atoms with Crippen LogP contribution >= 0.6 is 15.9 Å². The Labute approximate surface area is 144 Å². The van der Waals surface area contributed by atoms with Crippen LogP contribution in [0.4, 0.5) is 11.5 Å². The van der Waals surface area contributed by atoms with E-state index < -0.39 is 0 Å². The number of nitrogens with zero attached hydrogens (tertiary/aromatic N) is 3. The van der Waals surface area contributed by atoms with Gasteiger partial charge in [0, 0.05) is 23.2 Å². The molecule has 0 atom stereocenters. The van der Waals surface area contributed by atoms with Gasteiger partial charge in [-0.15, -0.1) is 0 Å². The predicted octanol–water partition coefficient (Wildman–Crippen LogP) is 2.58. The summed E-state index contributed by atoms with van der Waals surface area (Å²) in [6, 6.07) is 5.92. The zero-order chi connectivity index (χ0) is 16.8. The minimum atomic E-state index is -0.217. The van der Waals surface area contributed by atoms with E-state index in [1.54, 1.807) is 6.20 Å². The van der Waals surface area contributed by atoms with Gasteiger partial charge in [-0.1, -0.05) is 15.9 Å². The van der Waals surface area contributed by atoms with E-state index in [1.807, 2.05) is 44.1 Å². The molecule has 0 radical (unpaired) electrons. The second-order valence-corrected chi connectivity index (χ2v) is 6.29. The van der Waals surface area contributed by atoms with Crippen LogP contribution in [0.15, 0.2) is 35.1 Å². The molecule has 0 saturated carbocycles. The first-order chi connectivity index (χ1) is 11.0. The van der Waals surface area contributed by atoms with Crippen LogP contribution in [0.5, 0.6) is 0 Å². The number of carbonyl (C=O) groups excluding carboxylic acids is 1. The van der Waals surface area contributed by atoms with Crippen molar-refractivity contribution >= 4 is 33.3 Å². The van der Waals surface area contributed by atoms with Crippen LogP contribution in [0, 0.1) is 6.92 Å². The van der Waals surface area contributed by atoms with Gasteiger partial charge >= 0.3 is 0 Å². The van der Waals surface area contributed by atoms with Crippen LogP contribution in [0.1, 0.15) is 16.1 Å². The number of amides is 1. The molecule has 0 aliphatic carbocycles. The Bertz CT molecular complexity index is 673. The summed E-state index contributed by atoms with van der Waals surface area (Å²) in [6.45, 7) is 3.37. The molecule has 0 spiro atoms. The third kappa shape index (κ3) is 5.30. The lowest BCUT2D eigenvalue weighted by molar-refractivity contribution is 0.0945. The summed E-state index contributed by atoms with van der Waals surface area (Å²) in [4.78, 5) is 22.3. The molecule has 0 bridgehead atoms. The lowest BCUT2D eigenvalue weighted by Gasteiger charge is -2.10. The van der Waals surface area contributed by atoms with E-state index in [2.05, 4.69) is 36.5 Å². The summed E-state index contributed by atoms with van der Waals surface area (Å²) in [5.74, 6) is 0.377. The van der Waals surface area contributed by atoms with Crippen molar-refractivity contribution in [1.29, 1.82) is 0 Å². The maximum atomic E-state index is 11.9. The van der Waals surface area contributed by atoms with Crippen molar-refractivity contribution in [3.05, 3.63) is 46.3 Å². The molecule has 2 aromatic rings. The lowest BCUT2D eigenvalue weighted by Crippen LogP contribution is -2.31. The van der Waals surface area contributed by atoms with Gasteiger partial charge in [0.15, 0.2) is 0 Å². The fraction of sp³-hybridized carbons (Fsp3) is 0.312. The normalized spacial score (nSPS) is 10.7. The fourth-order valence-corrected chi connectivity index (χ4v) is 2.11. The smallest absolute Gasteiger partial charge is 0.271 e. The van der Waals surface area contributed by atoms with Crippen molar-refractivity contribution in [3.8, 4) is 0 Å². The van der Waals surface area contributed by atoms with E-state index in [0.29, 0.717) is 18.1 Å². The van der Waals surface area contributed by atoms with Gasteiger partial charge < -0.3 is 15.5 Å². The fourth-order valence-electron chi connectivity index (χ4n) is 1.86. The van der Waals surface area contributed by atoms with Crippen molar-refractivity contribution in [2.75, 3.05) is 32.5 Å². The number of benzene rings is 1. The van der Waals surface area contributed by atoms with Crippen molar-refractivity contribution in [2.45, 2.75) is 6.92 Å². The van der Waals surface area contributed by atoms with Gasteiger partial charge in [-0.2, -0.15) is 0 Å². The molecule has 1 aromatic heterocycles. The highest BCUT2D eigenvalue weighted by Crippen LogP contribution is 2.21. The first kappa shape index (κ1) is 17.4. The third-order valence-corrected chi connectivity index (χ3v) is 4.05. The number of rotatable bonds is 6. The largest absolute Gasteiger partial charge is 0.349 e.